The predicted molar refractivity (Wildman–Crippen MR) is 99.1 cm³/mol. The van der Waals surface area contributed by atoms with Crippen molar-refractivity contribution in [3.8, 4) is 0 Å². The molecule has 2 aliphatic rings. The molecule has 0 N–H and O–H groups in total. The Balaban J connectivity index is 1.69. The van der Waals surface area contributed by atoms with Gasteiger partial charge in [-0.3, -0.25) is 9.59 Å². The van der Waals surface area contributed by atoms with Crippen LogP contribution >= 0.6 is 11.8 Å². The second-order valence-electron chi connectivity index (χ2n) is 7.10. The number of hydrogen-bond donors (Lipinski definition) is 0. The molecule has 3 heterocycles. The van der Waals surface area contributed by atoms with Gasteiger partial charge in [-0.15, -0.1) is 0 Å². The molecule has 7 nitrogen and oxygen atoms in total. The summed E-state index contributed by atoms with van der Waals surface area (Å²) in [4.78, 5) is 37.3. The van der Waals surface area contributed by atoms with Gasteiger partial charge < -0.3 is 14.5 Å². The molecule has 1 atom stereocenters. The van der Waals surface area contributed by atoms with Crippen LogP contribution in [0.4, 0.5) is 0 Å². The number of aromatic nitrogens is 2. The van der Waals surface area contributed by atoms with Gasteiger partial charge in [-0.05, 0) is 25.5 Å². The van der Waals surface area contributed by atoms with Crippen molar-refractivity contribution >= 4 is 23.6 Å². The molecule has 8 heteroatoms. The minimum Gasteiger partial charge on any atom is -0.383 e. The van der Waals surface area contributed by atoms with E-state index in [-0.39, 0.29) is 17.2 Å². The van der Waals surface area contributed by atoms with Crippen LogP contribution in [0.3, 0.4) is 0 Å². The van der Waals surface area contributed by atoms with Crippen LogP contribution in [0, 0.1) is 5.41 Å². The van der Waals surface area contributed by atoms with E-state index in [2.05, 4.69) is 9.97 Å². The van der Waals surface area contributed by atoms with Crippen molar-refractivity contribution in [3.63, 3.8) is 0 Å². The molecular weight excluding hydrogens is 352 g/mol. The smallest absolute Gasteiger partial charge is 0.257 e. The van der Waals surface area contributed by atoms with Crippen LogP contribution in [0.2, 0.25) is 0 Å². The van der Waals surface area contributed by atoms with E-state index in [0.717, 1.165) is 25.8 Å². The largest absolute Gasteiger partial charge is 0.383 e. The van der Waals surface area contributed by atoms with Crippen LogP contribution in [-0.2, 0) is 9.53 Å². The zero-order chi connectivity index (χ0) is 18.6. The van der Waals surface area contributed by atoms with Crippen LogP contribution in [0.25, 0.3) is 0 Å². The summed E-state index contributed by atoms with van der Waals surface area (Å²) in [6.07, 6.45) is 8.54. The number of amides is 2. The van der Waals surface area contributed by atoms with E-state index in [1.165, 1.54) is 11.8 Å². The topological polar surface area (TPSA) is 75.6 Å². The van der Waals surface area contributed by atoms with Crippen LogP contribution in [0.15, 0.2) is 17.6 Å². The van der Waals surface area contributed by atoms with E-state index >= 15 is 0 Å². The molecule has 3 rings (SSSR count). The van der Waals surface area contributed by atoms with Gasteiger partial charge in [-0.2, -0.15) is 0 Å². The van der Waals surface area contributed by atoms with Crippen molar-refractivity contribution in [3.05, 3.63) is 18.0 Å². The number of nitrogens with zero attached hydrogens (tertiary/aromatic N) is 4. The number of ether oxygens (including phenoxy) is 1. The average Bonchev–Trinajstić information content (AvgIpc) is 2.68. The number of rotatable bonds is 5. The molecule has 2 amide bonds. The fraction of sp³-hybridized carbons (Fsp3) is 0.667. The summed E-state index contributed by atoms with van der Waals surface area (Å²) in [5, 5.41) is 0.663. The molecular formula is C18H26N4O3S. The van der Waals surface area contributed by atoms with E-state index in [0.29, 0.717) is 43.4 Å². The van der Waals surface area contributed by atoms with Crippen molar-refractivity contribution in [2.24, 2.45) is 5.41 Å². The summed E-state index contributed by atoms with van der Waals surface area (Å²) in [5.41, 5.74) is 0.526. The zero-order valence-electron chi connectivity index (χ0n) is 15.4. The highest BCUT2D eigenvalue weighted by atomic mass is 32.2. The van der Waals surface area contributed by atoms with Crippen molar-refractivity contribution < 1.29 is 14.3 Å². The highest BCUT2D eigenvalue weighted by Crippen LogP contribution is 2.39. The predicted octanol–water partition coefficient (Wildman–Crippen LogP) is 1.69. The van der Waals surface area contributed by atoms with Crippen molar-refractivity contribution in [1.29, 1.82) is 0 Å². The van der Waals surface area contributed by atoms with Crippen molar-refractivity contribution in [2.75, 3.05) is 46.2 Å². The minimum absolute atomic E-state index is 0.00434. The van der Waals surface area contributed by atoms with E-state index in [4.69, 9.17) is 4.74 Å². The van der Waals surface area contributed by atoms with Gasteiger partial charge in [-0.1, -0.05) is 11.8 Å². The van der Waals surface area contributed by atoms with Gasteiger partial charge >= 0.3 is 0 Å². The highest BCUT2D eigenvalue weighted by Gasteiger charge is 2.42. The second-order valence-corrected chi connectivity index (χ2v) is 7.87. The summed E-state index contributed by atoms with van der Waals surface area (Å²) >= 11 is 1.45. The molecule has 1 aromatic heterocycles. The van der Waals surface area contributed by atoms with Gasteiger partial charge in [0.05, 0.1) is 12.2 Å². The highest BCUT2D eigenvalue weighted by molar-refractivity contribution is 7.98. The summed E-state index contributed by atoms with van der Waals surface area (Å²) in [6, 6.07) is 0. The molecule has 2 saturated heterocycles. The molecule has 0 aromatic carbocycles. The average molecular weight is 378 g/mol. The van der Waals surface area contributed by atoms with E-state index < -0.39 is 0 Å². The summed E-state index contributed by atoms with van der Waals surface area (Å²) in [7, 11) is 1.65. The number of hydrogen-bond acceptors (Lipinski definition) is 6. The molecule has 2 aliphatic heterocycles. The lowest BCUT2D eigenvalue weighted by Gasteiger charge is -2.48. The lowest BCUT2D eigenvalue weighted by Crippen LogP contribution is -2.55. The zero-order valence-corrected chi connectivity index (χ0v) is 16.3. The number of thioether (sulfide) groups is 1. The number of carbonyl (C=O) groups is 2. The molecule has 0 saturated carbocycles. The number of methoxy groups -OCH3 is 1. The Morgan fingerprint density at radius 1 is 1.31 bits per heavy atom. The van der Waals surface area contributed by atoms with Gasteiger partial charge in [-0.25, -0.2) is 9.97 Å². The summed E-state index contributed by atoms with van der Waals surface area (Å²) < 4.78 is 5.13. The van der Waals surface area contributed by atoms with Gasteiger partial charge in [0.1, 0.15) is 0 Å². The van der Waals surface area contributed by atoms with Gasteiger partial charge in [0.25, 0.3) is 5.91 Å². The van der Waals surface area contributed by atoms with Crippen LogP contribution < -0.4 is 0 Å². The molecule has 142 valence electrons. The maximum absolute atomic E-state index is 12.9. The molecule has 1 aromatic rings. The number of carbonyl (C=O) groups excluding carboxylic acids is 2. The fourth-order valence-electron chi connectivity index (χ4n) is 3.94. The fourth-order valence-corrected chi connectivity index (χ4v) is 4.25. The van der Waals surface area contributed by atoms with Crippen LogP contribution in [0.5, 0.6) is 0 Å². The van der Waals surface area contributed by atoms with E-state index in [1.54, 1.807) is 19.5 Å². The Kier molecular flexibility index (Phi) is 6.13. The van der Waals surface area contributed by atoms with E-state index in [1.807, 2.05) is 16.1 Å². The Morgan fingerprint density at radius 3 is 2.77 bits per heavy atom. The molecule has 1 unspecified atom stereocenters. The third-order valence-electron chi connectivity index (χ3n) is 5.32. The monoisotopic (exact) mass is 378 g/mol. The molecule has 2 fully saturated rings. The van der Waals surface area contributed by atoms with Gasteiger partial charge in [0.15, 0.2) is 5.16 Å². The Bertz CT molecular complexity index is 654. The number of piperidine rings is 2. The minimum atomic E-state index is -0.0166. The molecule has 0 aliphatic carbocycles. The van der Waals surface area contributed by atoms with Crippen molar-refractivity contribution in [1.82, 2.24) is 19.8 Å². The van der Waals surface area contributed by atoms with Gasteiger partial charge in [0, 0.05) is 57.5 Å². The standard InChI is InChI=1S/C18H26N4O3S/c1-25-9-8-21-12-18(6-4-15(21)23)5-3-7-22(13-18)16(24)14-10-19-17(26-2)20-11-14/h10-11H,3-9,12-13H2,1-2H3. The first-order valence-corrected chi connectivity index (χ1v) is 10.2. The Hall–Kier alpha value is -1.67. The SMILES string of the molecule is COCCN1CC2(CCCN(C(=O)c3cnc(SC)nc3)C2)CCC1=O. The third-order valence-corrected chi connectivity index (χ3v) is 5.90. The first-order valence-electron chi connectivity index (χ1n) is 8.99. The molecule has 0 bridgehead atoms. The quantitative estimate of drug-likeness (QED) is 0.573. The van der Waals surface area contributed by atoms with Crippen LogP contribution in [-0.4, -0.2) is 77.7 Å². The Morgan fingerprint density at radius 2 is 2.08 bits per heavy atom. The number of likely N-dealkylation sites (tertiary alicyclic amines) is 2. The normalized spacial score (nSPS) is 23.5. The first-order chi connectivity index (χ1) is 12.6. The molecule has 1 spiro atoms. The maximum atomic E-state index is 12.9. The molecule has 26 heavy (non-hydrogen) atoms. The van der Waals surface area contributed by atoms with Crippen LogP contribution in [0.1, 0.15) is 36.0 Å². The first kappa shape index (κ1) is 19.1. The lowest BCUT2D eigenvalue weighted by molar-refractivity contribution is -0.139. The maximum Gasteiger partial charge on any atom is 0.257 e. The summed E-state index contributed by atoms with van der Waals surface area (Å²) in [6.45, 7) is 3.31. The third kappa shape index (κ3) is 4.17. The van der Waals surface area contributed by atoms with Gasteiger partial charge in [0.2, 0.25) is 5.91 Å². The summed E-state index contributed by atoms with van der Waals surface area (Å²) in [5.74, 6) is 0.175. The van der Waals surface area contributed by atoms with Crippen molar-refractivity contribution in [2.45, 2.75) is 30.8 Å². The Labute approximate surface area is 158 Å². The lowest BCUT2D eigenvalue weighted by atomic mass is 9.73. The van der Waals surface area contributed by atoms with E-state index in [9.17, 15) is 9.59 Å². The second kappa shape index (κ2) is 8.35. The molecule has 0 radical (unpaired) electrons.